The van der Waals surface area contributed by atoms with Crippen molar-refractivity contribution in [3.8, 4) is 0 Å². The lowest BCUT2D eigenvalue weighted by atomic mass is 9.97. The summed E-state index contributed by atoms with van der Waals surface area (Å²) in [6, 6.07) is 0. The summed E-state index contributed by atoms with van der Waals surface area (Å²) in [6.07, 6.45) is 1.92. The Morgan fingerprint density at radius 3 is 2.60 bits per heavy atom. The van der Waals surface area contributed by atoms with Crippen LogP contribution in [0.5, 0.6) is 0 Å². The summed E-state index contributed by atoms with van der Waals surface area (Å²) < 4.78 is 22.5. The van der Waals surface area contributed by atoms with E-state index in [0.29, 0.717) is 19.4 Å². The molecule has 15 heavy (non-hydrogen) atoms. The molecule has 90 valence electrons. The van der Waals surface area contributed by atoms with E-state index in [1.165, 1.54) is 0 Å². The minimum atomic E-state index is -2.88. The maximum absolute atomic E-state index is 11.2. The lowest BCUT2D eigenvalue weighted by molar-refractivity contribution is 0.0426. The topological polar surface area (TPSA) is 57.6 Å². The van der Waals surface area contributed by atoms with Crippen molar-refractivity contribution < 1.29 is 13.5 Å². The van der Waals surface area contributed by atoms with Crippen molar-refractivity contribution in [1.82, 2.24) is 4.90 Å². The van der Waals surface area contributed by atoms with Gasteiger partial charge in [0.25, 0.3) is 0 Å². The number of rotatable bonds is 5. The minimum Gasteiger partial charge on any atom is -0.389 e. The molecule has 1 saturated heterocycles. The molecule has 0 aromatic heterocycles. The van der Waals surface area contributed by atoms with E-state index in [2.05, 4.69) is 4.90 Å². The van der Waals surface area contributed by atoms with E-state index in [4.69, 9.17) is 0 Å². The summed E-state index contributed by atoms with van der Waals surface area (Å²) in [5.74, 6) is 0.404. The summed E-state index contributed by atoms with van der Waals surface area (Å²) in [5, 5.41) is 10.1. The molecule has 1 aliphatic rings. The van der Waals surface area contributed by atoms with Crippen LogP contribution in [-0.2, 0) is 9.84 Å². The molecule has 4 nitrogen and oxygen atoms in total. The fraction of sp³-hybridized carbons (Fsp3) is 1.00. The predicted octanol–water partition coefficient (Wildman–Crippen LogP) is 0.268. The van der Waals surface area contributed by atoms with Crippen LogP contribution in [0.3, 0.4) is 0 Å². The lowest BCUT2D eigenvalue weighted by Crippen LogP contribution is -2.32. The second-order valence-corrected chi connectivity index (χ2v) is 7.02. The molecule has 5 heteroatoms. The number of likely N-dealkylation sites (N-methyl/N-ethyl adjacent to an activating group) is 1. The van der Waals surface area contributed by atoms with E-state index < -0.39 is 15.4 Å². The van der Waals surface area contributed by atoms with Gasteiger partial charge in [-0.3, -0.25) is 0 Å². The van der Waals surface area contributed by atoms with Crippen molar-refractivity contribution in [3.05, 3.63) is 0 Å². The Morgan fingerprint density at radius 2 is 2.13 bits per heavy atom. The van der Waals surface area contributed by atoms with Gasteiger partial charge in [0, 0.05) is 18.8 Å². The number of likely N-dealkylation sites (tertiary alicyclic amines) is 1. The van der Waals surface area contributed by atoms with Crippen LogP contribution in [-0.4, -0.2) is 55.7 Å². The Morgan fingerprint density at radius 1 is 1.47 bits per heavy atom. The molecule has 0 bridgehead atoms. The molecule has 1 rings (SSSR count). The first-order valence-corrected chi connectivity index (χ1v) is 7.30. The van der Waals surface area contributed by atoms with Gasteiger partial charge in [0.1, 0.15) is 9.84 Å². The molecule has 1 aliphatic heterocycles. The summed E-state index contributed by atoms with van der Waals surface area (Å²) in [6.45, 7) is 3.23. The van der Waals surface area contributed by atoms with E-state index in [-0.39, 0.29) is 11.5 Å². The lowest BCUT2D eigenvalue weighted by Gasteiger charge is -2.21. The first kappa shape index (κ1) is 12.9. The first-order valence-electron chi connectivity index (χ1n) is 5.48. The summed E-state index contributed by atoms with van der Waals surface area (Å²) >= 11 is 0. The third kappa shape index (κ3) is 4.09. The molecule has 0 amide bonds. The van der Waals surface area contributed by atoms with Crippen molar-refractivity contribution in [2.75, 3.05) is 31.6 Å². The number of aliphatic hydroxyl groups is 1. The van der Waals surface area contributed by atoms with Crippen LogP contribution in [0.4, 0.5) is 0 Å². The molecule has 1 atom stereocenters. The Hall–Kier alpha value is -0.130. The van der Waals surface area contributed by atoms with E-state index in [9.17, 15) is 13.5 Å². The zero-order chi connectivity index (χ0) is 11.5. The fourth-order valence-corrected chi connectivity index (χ4v) is 2.90. The molecule has 0 spiro atoms. The highest BCUT2D eigenvalue weighted by molar-refractivity contribution is 7.91. The van der Waals surface area contributed by atoms with Crippen molar-refractivity contribution in [2.45, 2.75) is 31.8 Å². The zero-order valence-electron chi connectivity index (χ0n) is 9.57. The molecule has 1 unspecified atom stereocenters. The predicted molar refractivity (Wildman–Crippen MR) is 60.6 cm³/mol. The second-order valence-electron chi connectivity index (χ2n) is 4.55. The van der Waals surface area contributed by atoms with Gasteiger partial charge in [-0.1, -0.05) is 6.92 Å². The fourth-order valence-electron chi connectivity index (χ4n) is 2.03. The van der Waals surface area contributed by atoms with Gasteiger partial charge in [0.15, 0.2) is 0 Å². The molecule has 1 N–H and O–H groups in total. The van der Waals surface area contributed by atoms with Crippen molar-refractivity contribution in [3.63, 3.8) is 0 Å². The van der Waals surface area contributed by atoms with E-state index in [1.807, 2.05) is 7.05 Å². The SMILES string of the molecule is CCS(=O)(=O)CCCC1(O)CCN(C)C1. The van der Waals surface area contributed by atoms with Crippen LogP contribution >= 0.6 is 0 Å². The standard InChI is InChI=1S/C10H21NO3S/c1-3-15(13,14)8-4-5-10(12)6-7-11(2)9-10/h12H,3-9H2,1-2H3. The van der Waals surface area contributed by atoms with Crippen molar-refractivity contribution >= 4 is 9.84 Å². The van der Waals surface area contributed by atoms with Crippen LogP contribution in [0.1, 0.15) is 26.2 Å². The zero-order valence-corrected chi connectivity index (χ0v) is 10.4. The van der Waals surface area contributed by atoms with Gasteiger partial charge in [-0.15, -0.1) is 0 Å². The van der Waals surface area contributed by atoms with Gasteiger partial charge in [0.2, 0.25) is 0 Å². The number of β-amino-alcohol motifs (C(OH)–C–C–N with tert-alkyl or cyclic N) is 1. The van der Waals surface area contributed by atoms with Gasteiger partial charge in [-0.2, -0.15) is 0 Å². The maximum atomic E-state index is 11.2. The third-order valence-electron chi connectivity index (χ3n) is 3.06. The van der Waals surface area contributed by atoms with Crippen molar-refractivity contribution in [2.24, 2.45) is 0 Å². The second kappa shape index (κ2) is 4.80. The van der Waals surface area contributed by atoms with Gasteiger partial charge < -0.3 is 10.0 Å². The highest BCUT2D eigenvalue weighted by Gasteiger charge is 2.33. The highest BCUT2D eigenvalue weighted by Crippen LogP contribution is 2.25. The van der Waals surface area contributed by atoms with Gasteiger partial charge >= 0.3 is 0 Å². The van der Waals surface area contributed by atoms with Crippen LogP contribution in [0.15, 0.2) is 0 Å². The third-order valence-corrected chi connectivity index (χ3v) is 4.85. The Labute approximate surface area is 92.2 Å². The quantitative estimate of drug-likeness (QED) is 0.743. The smallest absolute Gasteiger partial charge is 0.150 e. The Balaban J connectivity index is 2.32. The average Bonchev–Trinajstić information content (AvgIpc) is 2.46. The van der Waals surface area contributed by atoms with Gasteiger partial charge in [-0.05, 0) is 26.3 Å². The van der Waals surface area contributed by atoms with Crippen molar-refractivity contribution in [1.29, 1.82) is 0 Å². The number of hydrogen-bond donors (Lipinski definition) is 1. The number of hydrogen-bond acceptors (Lipinski definition) is 4. The summed E-state index contributed by atoms with van der Waals surface area (Å²) in [4.78, 5) is 2.08. The molecule has 0 saturated carbocycles. The van der Waals surface area contributed by atoms with E-state index in [0.717, 1.165) is 13.0 Å². The normalized spacial score (nSPS) is 28.5. The molecule has 0 aliphatic carbocycles. The van der Waals surface area contributed by atoms with Crippen LogP contribution < -0.4 is 0 Å². The molecule has 0 aromatic rings. The van der Waals surface area contributed by atoms with E-state index in [1.54, 1.807) is 6.92 Å². The van der Waals surface area contributed by atoms with Crippen LogP contribution in [0, 0.1) is 0 Å². The molecule has 0 radical (unpaired) electrons. The molecular formula is C10H21NO3S. The highest BCUT2D eigenvalue weighted by atomic mass is 32.2. The maximum Gasteiger partial charge on any atom is 0.150 e. The number of nitrogens with zero attached hydrogens (tertiary/aromatic N) is 1. The molecule has 1 fully saturated rings. The minimum absolute atomic E-state index is 0.200. The van der Waals surface area contributed by atoms with Crippen LogP contribution in [0.2, 0.25) is 0 Å². The summed E-state index contributed by atoms with van der Waals surface area (Å²) in [7, 11) is -0.903. The van der Waals surface area contributed by atoms with Gasteiger partial charge in [-0.25, -0.2) is 8.42 Å². The van der Waals surface area contributed by atoms with Crippen LogP contribution in [0.25, 0.3) is 0 Å². The first-order chi connectivity index (χ1) is 6.87. The molecule has 0 aromatic carbocycles. The Kier molecular flexibility index (Phi) is 4.14. The van der Waals surface area contributed by atoms with Gasteiger partial charge in [0.05, 0.1) is 11.4 Å². The monoisotopic (exact) mass is 235 g/mol. The van der Waals surface area contributed by atoms with E-state index >= 15 is 0 Å². The Bertz CT molecular complexity index is 302. The number of sulfone groups is 1. The largest absolute Gasteiger partial charge is 0.389 e. The average molecular weight is 235 g/mol. The molecular weight excluding hydrogens is 214 g/mol. The molecule has 1 heterocycles. The summed E-state index contributed by atoms with van der Waals surface area (Å²) in [5.41, 5.74) is -0.655.